The van der Waals surface area contributed by atoms with Gasteiger partial charge in [0, 0.05) is 18.3 Å². The van der Waals surface area contributed by atoms with Gasteiger partial charge < -0.3 is 10.6 Å². The monoisotopic (exact) mass is 294 g/mol. The van der Waals surface area contributed by atoms with Gasteiger partial charge in [0.25, 0.3) is 0 Å². The average molecular weight is 295 g/mol. The van der Waals surface area contributed by atoms with Gasteiger partial charge in [-0.2, -0.15) is 0 Å². The summed E-state index contributed by atoms with van der Waals surface area (Å²) in [7, 11) is 0. The Hall–Kier alpha value is -0.670. The Balaban J connectivity index is 0.00000144. The fraction of sp³-hybridized carbons (Fsp3) is 0.538. The molecular weight excluding hydrogens is 274 g/mol. The third-order valence-electron chi connectivity index (χ3n) is 3.35. The third kappa shape index (κ3) is 3.42. The van der Waals surface area contributed by atoms with E-state index in [1.165, 1.54) is 6.07 Å². The van der Waals surface area contributed by atoms with Crippen molar-refractivity contribution in [3.63, 3.8) is 0 Å². The van der Waals surface area contributed by atoms with Gasteiger partial charge in [0.1, 0.15) is 5.82 Å². The van der Waals surface area contributed by atoms with E-state index in [1.807, 2.05) is 0 Å². The Morgan fingerprint density at radius 3 is 2.56 bits per heavy atom. The lowest BCUT2D eigenvalue weighted by Gasteiger charge is -2.30. The number of nitrogens with zero attached hydrogens (tertiary/aromatic N) is 1. The topological polar surface area (TPSA) is 29.3 Å². The minimum atomic E-state index is -0.201. The molecule has 1 aromatic rings. The fourth-order valence-corrected chi connectivity index (χ4v) is 2.54. The van der Waals surface area contributed by atoms with Crippen molar-refractivity contribution in [3.8, 4) is 0 Å². The maximum atomic E-state index is 13.8. The summed E-state index contributed by atoms with van der Waals surface area (Å²) in [6.07, 6.45) is 2.30. The molecular formula is C13H21Cl2FN2. The molecule has 2 rings (SSSR count). The molecule has 0 spiro atoms. The summed E-state index contributed by atoms with van der Waals surface area (Å²) in [5.74, 6) is 0.354. The van der Waals surface area contributed by atoms with Crippen molar-refractivity contribution in [2.45, 2.75) is 32.7 Å². The minimum Gasteiger partial charge on any atom is -0.399 e. The van der Waals surface area contributed by atoms with E-state index in [0.29, 0.717) is 23.3 Å². The summed E-state index contributed by atoms with van der Waals surface area (Å²) in [5, 5.41) is 0. The maximum Gasteiger partial charge on any atom is 0.148 e. The van der Waals surface area contributed by atoms with E-state index in [1.54, 1.807) is 12.1 Å². The number of hydrogen-bond donors (Lipinski definition) is 1. The van der Waals surface area contributed by atoms with Gasteiger partial charge >= 0.3 is 0 Å². The van der Waals surface area contributed by atoms with Crippen LogP contribution in [-0.4, -0.2) is 12.6 Å². The van der Waals surface area contributed by atoms with Crippen LogP contribution in [0.15, 0.2) is 18.2 Å². The summed E-state index contributed by atoms with van der Waals surface area (Å²) in [5.41, 5.74) is 6.75. The quantitative estimate of drug-likeness (QED) is 0.839. The van der Waals surface area contributed by atoms with Gasteiger partial charge in [-0.1, -0.05) is 13.8 Å². The highest BCUT2D eigenvalue weighted by atomic mass is 35.5. The Morgan fingerprint density at radius 1 is 1.33 bits per heavy atom. The van der Waals surface area contributed by atoms with Gasteiger partial charge in [-0.25, -0.2) is 4.39 Å². The van der Waals surface area contributed by atoms with Crippen LogP contribution in [0.2, 0.25) is 0 Å². The summed E-state index contributed by atoms with van der Waals surface area (Å²) in [4.78, 5) is 2.18. The molecule has 1 atom stereocenters. The fourth-order valence-electron chi connectivity index (χ4n) is 2.54. The van der Waals surface area contributed by atoms with Crippen LogP contribution < -0.4 is 10.6 Å². The zero-order valence-corrected chi connectivity index (χ0v) is 12.4. The average Bonchev–Trinajstić information content (AvgIpc) is 2.66. The number of rotatable bonds is 2. The second-order valence-electron chi connectivity index (χ2n) is 4.86. The number of nitrogens with two attached hydrogens (primary N) is 1. The maximum absolute atomic E-state index is 13.8. The molecule has 1 saturated heterocycles. The predicted octanol–water partition coefficient (Wildman–Crippen LogP) is 3.88. The summed E-state index contributed by atoms with van der Waals surface area (Å²) in [6.45, 7) is 5.33. The Bertz CT molecular complexity index is 385. The van der Waals surface area contributed by atoms with Crippen molar-refractivity contribution < 1.29 is 4.39 Å². The molecule has 2 N–H and O–H groups in total. The largest absolute Gasteiger partial charge is 0.399 e. The molecule has 1 aliphatic heterocycles. The Morgan fingerprint density at radius 2 is 2.00 bits per heavy atom. The van der Waals surface area contributed by atoms with Gasteiger partial charge in [-0.15, -0.1) is 24.8 Å². The van der Waals surface area contributed by atoms with Crippen LogP contribution in [0, 0.1) is 11.7 Å². The lowest BCUT2D eigenvalue weighted by atomic mass is 10.0. The van der Waals surface area contributed by atoms with E-state index in [9.17, 15) is 4.39 Å². The molecule has 1 aliphatic rings. The van der Waals surface area contributed by atoms with Crippen molar-refractivity contribution in [3.05, 3.63) is 24.0 Å². The minimum absolute atomic E-state index is 0. The molecule has 2 nitrogen and oxygen atoms in total. The molecule has 1 aromatic carbocycles. The normalized spacial score (nSPS) is 18.4. The van der Waals surface area contributed by atoms with Gasteiger partial charge in [0.15, 0.2) is 0 Å². The molecule has 0 amide bonds. The summed E-state index contributed by atoms with van der Waals surface area (Å²) >= 11 is 0. The number of anilines is 2. The second-order valence-corrected chi connectivity index (χ2v) is 4.86. The summed E-state index contributed by atoms with van der Waals surface area (Å²) in [6, 6.07) is 5.43. The Kier molecular flexibility index (Phi) is 6.79. The van der Waals surface area contributed by atoms with Crippen molar-refractivity contribution in [2.75, 3.05) is 17.2 Å². The van der Waals surface area contributed by atoms with E-state index in [2.05, 4.69) is 18.7 Å². The molecule has 1 heterocycles. The van der Waals surface area contributed by atoms with Crippen molar-refractivity contribution in [1.29, 1.82) is 0 Å². The molecule has 0 saturated carbocycles. The number of halogens is 3. The number of nitrogen functional groups attached to an aromatic ring is 1. The van der Waals surface area contributed by atoms with Gasteiger partial charge in [-0.05, 0) is 37.0 Å². The lowest BCUT2D eigenvalue weighted by Crippen LogP contribution is -2.33. The highest BCUT2D eigenvalue weighted by Gasteiger charge is 2.28. The van der Waals surface area contributed by atoms with Crippen LogP contribution >= 0.6 is 24.8 Å². The van der Waals surface area contributed by atoms with Crippen LogP contribution in [0.5, 0.6) is 0 Å². The SMILES string of the molecule is CC(C)C1CCCN1c1ccc(N)cc1F.Cl.Cl. The molecule has 5 heteroatoms. The van der Waals surface area contributed by atoms with Crippen LogP contribution in [0.4, 0.5) is 15.8 Å². The van der Waals surface area contributed by atoms with Crippen molar-refractivity contribution in [2.24, 2.45) is 5.92 Å². The smallest absolute Gasteiger partial charge is 0.148 e. The van der Waals surface area contributed by atoms with Gasteiger partial charge in [0.05, 0.1) is 5.69 Å². The van der Waals surface area contributed by atoms with E-state index in [0.717, 1.165) is 19.4 Å². The Labute approximate surface area is 121 Å². The standard InChI is InChI=1S/C13H19FN2.2ClH/c1-9(2)12-4-3-7-16(12)13-6-5-10(15)8-11(13)14;;/h5-6,8-9,12H,3-4,7,15H2,1-2H3;2*1H. The molecule has 1 unspecified atom stereocenters. The number of hydrogen-bond acceptors (Lipinski definition) is 2. The molecule has 0 aliphatic carbocycles. The third-order valence-corrected chi connectivity index (χ3v) is 3.35. The van der Waals surface area contributed by atoms with Crippen LogP contribution in [-0.2, 0) is 0 Å². The molecule has 0 bridgehead atoms. The highest BCUT2D eigenvalue weighted by molar-refractivity contribution is 5.85. The van der Waals surface area contributed by atoms with E-state index < -0.39 is 0 Å². The highest BCUT2D eigenvalue weighted by Crippen LogP contribution is 2.32. The molecule has 104 valence electrons. The van der Waals surface area contributed by atoms with Crippen molar-refractivity contribution >= 4 is 36.2 Å². The first-order valence-electron chi connectivity index (χ1n) is 5.91. The van der Waals surface area contributed by atoms with Crippen LogP contribution in [0.1, 0.15) is 26.7 Å². The second kappa shape index (κ2) is 7.05. The zero-order valence-electron chi connectivity index (χ0n) is 10.7. The van der Waals surface area contributed by atoms with Crippen molar-refractivity contribution in [1.82, 2.24) is 0 Å². The molecule has 1 fully saturated rings. The van der Waals surface area contributed by atoms with Gasteiger partial charge in [0.2, 0.25) is 0 Å². The first-order chi connectivity index (χ1) is 7.59. The molecule has 0 radical (unpaired) electrons. The van der Waals surface area contributed by atoms with E-state index >= 15 is 0 Å². The van der Waals surface area contributed by atoms with E-state index in [-0.39, 0.29) is 30.6 Å². The predicted molar refractivity (Wildman–Crippen MR) is 80.5 cm³/mol. The van der Waals surface area contributed by atoms with Crippen LogP contribution in [0.25, 0.3) is 0 Å². The molecule has 0 aromatic heterocycles. The summed E-state index contributed by atoms with van der Waals surface area (Å²) < 4.78 is 13.8. The zero-order chi connectivity index (χ0) is 11.7. The number of benzene rings is 1. The van der Waals surface area contributed by atoms with E-state index in [4.69, 9.17) is 5.73 Å². The van der Waals surface area contributed by atoms with Gasteiger partial charge in [-0.3, -0.25) is 0 Å². The first kappa shape index (κ1) is 17.3. The molecule has 18 heavy (non-hydrogen) atoms. The lowest BCUT2D eigenvalue weighted by molar-refractivity contribution is 0.486. The first-order valence-corrected chi connectivity index (χ1v) is 5.91. The van der Waals surface area contributed by atoms with Crippen LogP contribution in [0.3, 0.4) is 0 Å².